The molecule has 0 aliphatic rings. The first-order valence-corrected chi connectivity index (χ1v) is 24.2. The van der Waals surface area contributed by atoms with E-state index < -0.39 is 36.9 Å². The minimum atomic E-state index is -1.29. The van der Waals surface area contributed by atoms with Crippen molar-refractivity contribution in [2.75, 3.05) is 6.61 Å². The summed E-state index contributed by atoms with van der Waals surface area (Å²) >= 11 is 0. The van der Waals surface area contributed by atoms with Crippen LogP contribution >= 0.6 is 0 Å². The van der Waals surface area contributed by atoms with E-state index in [4.69, 9.17) is 0 Å². The van der Waals surface area contributed by atoms with Gasteiger partial charge in [-0.2, -0.15) is 0 Å². The van der Waals surface area contributed by atoms with Gasteiger partial charge in [0.1, 0.15) is 12.2 Å². The molecule has 0 spiro atoms. The summed E-state index contributed by atoms with van der Waals surface area (Å²) in [5, 5.41) is 43.7. The molecule has 55 heavy (non-hydrogen) atoms. The van der Waals surface area contributed by atoms with Crippen molar-refractivity contribution in [1.82, 2.24) is 5.32 Å². The predicted molar refractivity (Wildman–Crippen MR) is 237 cm³/mol. The highest BCUT2D eigenvalue weighted by atomic mass is 16.3. The highest BCUT2D eigenvalue weighted by Gasteiger charge is 2.28. The molecule has 4 atom stereocenters. The second-order valence-electron chi connectivity index (χ2n) is 16.8. The van der Waals surface area contributed by atoms with E-state index >= 15 is 0 Å². The largest absolute Gasteiger partial charge is 0.394 e. The van der Waals surface area contributed by atoms with E-state index in [1.54, 1.807) is 0 Å². The van der Waals surface area contributed by atoms with Gasteiger partial charge in [-0.05, 0) is 51.4 Å². The normalized spacial score (nSPS) is 14.2. The fraction of sp³-hybridized carbons (Fsp3) is 0.898. The van der Waals surface area contributed by atoms with E-state index in [-0.39, 0.29) is 0 Å². The lowest BCUT2D eigenvalue weighted by Gasteiger charge is -2.27. The van der Waals surface area contributed by atoms with E-state index in [9.17, 15) is 25.2 Å². The van der Waals surface area contributed by atoms with E-state index in [1.807, 2.05) is 0 Å². The van der Waals surface area contributed by atoms with Gasteiger partial charge in [0, 0.05) is 0 Å². The molecule has 4 unspecified atom stereocenters. The average molecular weight is 778 g/mol. The lowest BCUT2D eigenvalue weighted by atomic mass is 10.00. The van der Waals surface area contributed by atoms with Crippen LogP contribution in [0.25, 0.3) is 0 Å². The molecular formula is C49H95NO5. The van der Waals surface area contributed by atoms with Gasteiger partial charge in [0.05, 0.1) is 18.8 Å². The van der Waals surface area contributed by atoms with Crippen LogP contribution in [-0.2, 0) is 4.79 Å². The minimum Gasteiger partial charge on any atom is -0.394 e. The lowest BCUT2D eigenvalue weighted by molar-refractivity contribution is -0.132. The van der Waals surface area contributed by atoms with Crippen LogP contribution in [-0.4, -0.2) is 57.3 Å². The maximum absolute atomic E-state index is 12.5. The van der Waals surface area contributed by atoms with Crippen molar-refractivity contribution in [3.63, 3.8) is 0 Å². The number of carbonyl (C=O) groups is 1. The number of nitrogens with one attached hydrogen (secondary N) is 1. The summed E-state index contributed by atoms with van der Waals surface area (Å²) in [5.74, 6) is -0.595. The van der Waals surface area contributed by atoms with Gasteiger partial charge in [-0.15, -0.1) is 0 Å². The Morgan fingerprint density at radius 1 is 0.436 bits per heavy atom. The Morgan fingerprint density at radius 2 is 0.764 bits per heavy atom. The molecule has 6 heteroatoms. The van der Waals surface area contributed by atoms with E-state index in [2.05, 4.69) is 43.5 Å². The molecule has 0 fully saturated rings. The SMILES string of the molecule is CCCCCCCCCCCCCCCCC/C=C/CC/C=C/CCCC(O)C(O)C(CO)NC(=O)C(O)CCCCCCCCCCCCCCCCC. The first-order valence-electron chi connectivity index (χ1n) is 24.2. The second kappa shape index (κ2) is 43.9. The summed E-state index contributed by atoms with van der Waals surface area (Å²) in [5.41, 5.74) is 0. The number of amides is 1. The van der Waals surface area contributed by atoms with Crippen molar-refractivity contribution in [2.45, 2.75) is 276 Å². The summed E-state index contributed by atoms with van der Waals surface area (Å²) in [6.07, 6.45) is 50.8. The van der Waals surface area contributed by atoms with Crippen molar-refractivity contribution >= 4 is 5.91 Å². The third-order valence-corrected chi connectivity index (χ3v) is 11.4. The number of unbranched alkanes of at least 4 members (excludes halogenated alkanes) is 31. The Morgan fingerprint density at radius 3 is 1.15 bits per heavy atom. The van der Waals surface area contributed by atoms with Crippen LogP contribution in [0.5, 0.6) is 0 Å². The molecule has 5 N–H and O–H groups in total. The Balaban J connectivity index is 3.73. The third kappa shape index (κ3) is 38.1. The number of allylic oxidation sites excluding steroid dienone is 4. The van der Waals surface area contributed by atoms with Crippen molar-refractivity contribution < 1.29 is 25.2 Å². The average Bonchev–Trinajstić information content (AvgIpc) is 3.19. The van der Waals surface area contributed by atoms with E-state index in [0.29, 0.717) is 19.3 Å². The smallest absolute Gasteiger partial charge is 0.249 e. The number of aliphatic hydroxyl groups excluding tert-OH is 4. The Labute approximate surface area is 342 Å². The molecule has 6 nitrogen and oxygen atoms in total. The number of hydrogen-bond acceptors (Lipinski definition) is 5. The molecule has 0 radical (unpaired) electrons. The number of aliphatic hydroxyl groups is 4. The van der Waals surface area contributed by atoms with Crippen LogP contribution in [0.2, 0.25) is 0 Å². The summed E-state index contributed by atoms with van der Waals surface area (Å²) in [7, 11) is 0. The van der Waals surface area contributed by atoms with Gasteiger partial charge in [-0.1, -0.05) is 224 Å². The molecule has 0 saturated heterocycles. The zero-order valence-corrected chi connectivity index (χ0v) is 36.7. The first kappa shape index (κ1) is 53.8. The van der Waals surface area contributed by atoms with Crippen LogP contribution in [0.15, 0.2) is 24.3 Å². The van der Waals surface area contributed by atoms with Gasteiger partial charge < -0.3 is 25.7 Å². The van der Waals surface area contributed by atoms with Gasteiger partial charge >= 0.3 is 0 Å². The summed E-state index contributed by atoms with van der Waals surface area (Å²) in [6.45, 7) is 4.05. The highest BCUT2D eigenvalue weighted by Crippen LogP contribution is 2.16. The molecule has 326 valence electrons. The fourth-order valence-corrected chi connectivity index (χ4v) is 7.54. The Hall–Kier alpha value is -1.21. The molecule has 0 rings (SSSR count). The van der Waals surface area contributed by atoms with E-state index in [1.165, 1.54) is 180 Å². The fourth-order valence-electron chi connectivity index (χ4n) is 7.54. The number of hydrogen-bond donors (Lipinski definition) is 5. The topological polar surface area (TPSA) is 110 Å². The van der Waals surface area contributed by atoms with Crippen LogP contribution < -0.4 is 5.32 Å². The zero-order valence-electron chi connectivity index (χ0n) is 36.7. The maximum Gasteiger partial charge on any atom is 0.249 e. The first-order chi connectivity index (χ1) is 27.0. The molecule has 0 aliphatic carbocycles. The van der Waals surface area contributed by atoms with Gasteiger partial charge in [0.25, 0.3) is 0 Å². The third-order valence-electron chi connectivity index (χ3n) is 11.4. The number of rotatable bonds is 44. The summed E-state index contributed by atoms with van der Waals surface area (Å²) in [6, 6.07) is -1.00. The second-order valence-corrected chi connectivity index (χ2v) is 16.8. The van der Waals surface area contributed by atoms with Crippen LogP contribution in [0.1, 0.15) is 251 Å². The zero-order chi connectivity index (χ0) is 40.3. The Kier molecular flexibility index (Phi) is 42.9. The minimum absolute atomic E-state index is 0.364. The van der Waals surface area contributed by atoms with Crippen molar-refractivity contribution in [3.8, 4) is 0 Å². The van der Waals surface area contributed by atoms with Crippen molar-refractivity contribution in [1.29, 1.82) is 0 Å². The van der Waals surface area contributed by atoms with Crippen molar-refractivity contribution in [2.24, 2.45) is 0 Å². The molecule has 1 amide bonds. The number of carbonyl (C=O) groups excluding carboxylic acids is 1. The molecule has 0 aromatic rings. The van der Waals surface area contributed by atoms with Gasteiger partial charge in [-0.3, -0.25) is 4.79 Å². The van der Waals surface area contributed by atoms with Crippen LogP contribution in [0, 0.1) is 0 Å². The molecule has 0 aromatic carbocycles. The standard InChI is InChI=1S/C49H95NO5/c1-3-5-7-9-11-13-15-17-19-20-21-22-23-24-25-26-27-29-30-32-34-36-38-40-42-46(52)48(54)45(44-51)50-49(55)47(53)43-41-39-37-35-33-31-28-18-16-14-12-10-8-6-4-2/h27,29,34,36,45-48,51-54H,3-26,28,30-33,35,37-44H2,1-2H3,(H,50,55)/b29-27+,36-34+. The Bertz CT molecular complexity index is 832. The molecule has 0 bridgehead atoms. The van der Waals surface area contributed by atoms with Gasteiger partial charge in [-0.25, -0.2) is 0 Å². The predicted octanol–water partition coefficient (Wildman–Crippen LogP) is 13.1. The van der Waals surface area contributed by atoms with Gasteiger partial charge in [0.2, 0.25) is 5.91 Å². The summed E-state index contributed by atoms with van der Waals surface area (Å²) < 4.78 is 0. The quantitative estimate of drug-likeness (QED) is 0.0313. The molecule has 0 aromatic heterocycles. The monoisotopic (exact) mass is 778 g/mol. The highest BCUT2D eigenvalue weighted by molar-refractivity contribution is 5.80. The maximum atomic E-state index is 12.5. The molecule has 0 saturated carbocycles. The molecule has 0 heterocycles. The van der Waals surface area contributed by atoms with Crippen LogP contribution in [0.4, 0.5) is 0 Å². The lowest BCUT2D eigenvalue weighted by Crippen LogP contribution is -2.53. The van der Waals surface area contributed by atoms with Gasteiger partial charge in [0.15, 0.2) is 0 Å². The molecule has 0 aliphatic heterocycles. The van der Waals surface area contributed by atoms with E-state index in [0.717, 1.165) is 38.5 Å². The van der Waals surface area contributed by atoms with Crippen LogP contribution in [0.3, 0.4) is 0 Å². The summed E-state index contributed by atoms with van der Waals surface area (Å²) in [4.78, 5) is 12.5. The molecular weight excluding hydrogens is 683 g/mol. The van der Waals surface area contributed by atoms with Crippen molar-refractivity contribution in [3.05, 3.63) is 24.3 Å².